The highest BCUT2D eigenvalue weighted by atomic mass is 16.2. The standard InChI is InChI=1S/C27H44N8O4/c1-2-3-12-20(24(29)37)34-26(39)22(13-7-8-17-28)35-25(38)21(14-9-18-32-27(30)31)33-23(36)16-15-19-10-5-4-6-11-19/h4-6,10-11,15-16,20-22H,2-3,7-9,12-14,17-18,28H2,1H3,(H2,29,37)(H,33,36)(H,34,39)(H,35,38)(H4,30,31,32)/b16-15+/t20-,21-,22-/m0/s1. The lowest BCUT2D eigenvalue weighted by molar-refractivity contribution is -0.133. The Hall–Kier alpha value is -3.93. The second-order valence-electron chi connectivity index (χ2n) is 9.21. The van der Waals surface area contributed by atoms with Crippen LogP contribution < -0.4 is 38.9 Å². The van der Waals surface area contributed by atoms with Crippen molar-refractivity contribution in [2.45, 2.75) is 76.4 Å². The van der Waals surface area contributed by atoms with E-state index in [1.807, 2.05) is 37.3 Å². The number of carbonyl (C=O) groups excluding carboxylic acids is 4. The number of carbonyl (C=O) groups is 4. The fourth-order valence-electron chi connectivity index (χ4n) is 3.73. The lowest BCUT2D eigenvalue weighted by atomic mass is 10.0. The first-order chi connectivity index (χ1) is 18.7. The van der Waals surface area contributed by atoms with E-state index in [1.165, 1.54) is 6.08 Å². The first kappa shape index (κ1) is 33.1. The van der Waals surface area contributed by atoms with Crippen molar-refractivity contribution < 1.29 is 19.2 Å². The maximum atomic E-state index is 13.3. The Morgan fingerprint density at radius 3 is 2.00 bits per heavy atom. The molecule has 0 aliphatic carbocycles. The fraction of sp³-hybridized carbons (Fsp3) is 0.519. The molecule has 0 saturated heterocycles. The molecule has 0 heterocycles. The van der Waals surface area contributed by atoms with Gasteiger partial charge in [0.25, 0.3) is 0 Å². The van der Waals surface area contributed by atoms with E-state index < -0.39 is 41.8 Å². The van der Waals surface area contributed by atoms with E-state index in [-0.39, 0.29) is 18.9 Å². The number of rotatable bonds is 19. The molecule has 11 N–H and O–H groups in total. The van der Waals surface area contributed by atoms with E-state index in [9.17, 15) is 19.2 Å². The minimum atomic E-state index is -0.955. The number of aliphatic imine (C=N–C) groups is 1. The maximum absolute atomic E-state index is 13.3. The van der Waals surface area contributed by atoms with Crippen LogP contribution in [0.25, 0.3) is 6.08 Å². The summed E-state index contributed by atoms with van der Waals surface area (Å²) < 4.78 is 0. The summed E-state index contributed by atoms with van der Waals surface area (Å²) in [5.74, 6) is -2.25. The summed E-state index contributed by atoms with van der Waals surface area (Å²) in [6, 6.07) is 6.50. The van der Waals surface area contributed by atoms with Gasteiger partial charge >= 0.3 is 0 Å². The average molecular weight is 545 g/mol. The van der Waals surface area contributed by atoms with E-state index >= 15 is 0 Å². The Kier molecular flexibility index (Phi) is 16.3. The van der Waals surface area contributed by atoms with Crippen molar-refractivity contribution in [1.82, 2.24) is 16.0 Å². The molecule has 12 heteroatoms. The second-order valence-corrected chi connectivity index (χ2v) is 9.21. The Labute approximate surface area is 230 Å². The number of nitrogens with two attached hydrogens (primary N) is 4. The van der Waals surface area contributed by atoms with Gasteiger partial charge in [0.05, 0.1) is 0 Å². The van der Waals surface area contributed by atoms with Gasteiger partial charge in [-0.3, -0.25) is 24.2 Å². The number of guanidine groups is 1. The van der Waals surface area contributed by atoms with Gasteiger partial charge in [0, 0.05) is 12.6 Å². The summed E-state index contributed by atoms with van der Waals surface area (Å²) >= 11 is 0. The van der Waals surface area contributed by atoms with Crippen molar-refractivity contribution in [2.75, 3.05) is 13.1 Å². The van der Waals surface area contributed by atoms with Crippen LogP contribution in [0.4, 0.5) is 0 Å². The van der Waals surface area contributed by atoms with Gasteiger partial charge in [-0.2, -0.15) is 0 Å². The van der Waals surface area contributed by atoms with Gasteiger partial charge in [0.15, 0.2) is 5.96 Å². The van der Waals surface area contributed by atoms with Gasteiger partial charge in [-0.25, -0.2) is 0 Å². The van der Waals surface area contributed by atoms with Crippen LogP contribution in [0.15, 0.2) is 41.4 Å². The summed E-state index contributed by atoms with van der Waals surface area (Å²) in [5, 5.41) is 8.10. The molecular formula is C27H44N8O4. The molecule has 1 aromatic carbocycles. The topological polar surface area (TPSA) is 221 Å². The molecule has 1 aromatic rings. The third-order valence-corrected chi connectivity index (χ3v) is 5.89. The Balaban J connectivity index is 3.01. The Morgan fingerprint density at radius 2 is 1.41 bits per heavy atom. The zero-order chi connectivity index (χ0) is 29.0. The normalized spacial score (nSPS) is 13.2. The molecule has 0 spiro atoms. The van der Waals surface area contributed by atoms with E-state index in [0.29, 0.717) is 45.1 Å². The van der Waals surface area contributed by atoms with Gasteiger partial charge in [0.2, 0.25) is 23.6 Å². The van der Waals surface area contributed by atoms with E-state index in [2.05, 4.69) is 20.9 Å². The van der Waals surface area contributed by atoms with Crippen molar-refractivity contribution in [3.63, 3.8) is 0 Å². The second kappa shape index (κ2) is 19.2. The van der Waals surface area contributed by atoms with Crippen molar-refractivity contribution in [1.29, 1.82) is 0 Å². The maximum Gasteiger partial charge on any atom is 0.244 e. The van der Waals surface area contributed by atoms with E-state index in [4.69, 9.17) is 22.9 Å². The predicted octanol–water partition coefficient (Wildman–Crippen LogP) is 0.0123. The molecule has 0 aliphatic rings. The van der Waals surface area contributed by atoms with E-state index in [0.717, 1.165) is 12.0 Å². The molecule has 0 unspecified atom stereocenters. The first-order valence-corrected chi connectivity index (χ1v) is 13.4. The van der Waals surface area contributed by atoms with Crippen LogP contribution in [0.3, 0.4) is 0 Å². The van der Waals surface area contributed by atoms with Crippen molar-refractivity contribution in [3.05, 3.63) is 42.0 Å². The summed E-state index contributed by atoms with van der Waals surface area (Å²) in [6.45, 7) is 2.66. The molecule has 0 bridgehead atoms. The molecule has 39 heavy (non-hydrogen) atoms. The smallest absolute Gasteiger partial charge is 0.244 e. The molecule has 216 valence electrons. The average Bonchev–Trinajstić information content (AvgIpc) is 2.91. The van der Waals surface area contributed by atoms with Crippen LogP contribution in [0.2, 0.25) is 0 Å². The molecule has 3 atom stereocenters. The van der Waals surface area contributed by atoms with Crippen molar-refractivity contribution in [3.8, 4) is 0 Å². The highest BCUT2D eigenvalue weighted by molar-refractivity contribution is 5.97. The zero-order valence-corrected chi connectivity index (χ0v) is 22.7. The lowest BCUT2D eigenvalue weighted by Crippen LogP contribution is -2.56. The van der Waals surface area contributed by atoms with Crippen LogP contribution in [0.5, 0.6) is 0 Å². The molecule has 0 aromatic heterocycles. The molecule has 1 rings (SSSR count). The Bertz CT molecular complexity index is 964. The molecule has 0 radical (unpaired) electrons. The quantitative estimate of drug-likeness (QED) is 0.0546. The predicted molar refractivity (Wildman–Crippen MR) is 153 cm³/mol. The zero-order valence-electron chi connectivity index (χ0n) is 22.7. The largest absolute Gasteiger partial charge is 0.370 e. The van der Waals surface area contributed by atoms with Gasteiger partial charge in [-0.1, -0.05) is 50.1 Å². The van der Waals surface area contributed by atoms with Crippen LogP contribution in [0.1, 0.15) is 63.9 Å². The van der Waals surface area contributed by atoms with Gasteiger partial charge in [-0.05, 0) is 56.7 Å². The summed E-state index contributed by atoms with van der Waals surface area (Å²) in [6.07, 6.45) is 7.07. The summed E-state index contributed by atoms with van der Waals surface area (Å²) in [7, 11) is 0. The monoisotopic (exact) mass is 544 g/mol. The highest BCUT2D eigenvalue weighted by Crippen LogP contribution is 2.07. The molecule has 4 amide bonds. The number of amides is 4. The summed E-state index contributed by atoms with van der Waals surface area (Å²) in [4.78, 5) is 54.8. The number of benzene rings is 1. The number of nitrogens with one attached hydrogen (secondary N) is 3. The third-order valence-electron chi connectivity index (χ3n) is 5.89. The third kappa shape index (κ3) is 14.6. The highest BCUT2D eigenvalue weighted by Gasteiger charge is 2.28. The van der Waals surface area contributed by atoms with Gasteiger partial charge in [-0.15, -0.1) is 0 Å². The minimum absolute atomic E-state index is 0.0745. The molecular weight excluding hydrogens is 500 g/mol. The van der Waals surface area contributed by atoms with Crippen LogP contribution in [-0.4, -0.2) is 60.8 Å². The number of nitrogens with zero attached hydrogens (tertiary/aromatic N) is 1. The number of unbranched alkanes of at least 4 members (excludes halogenated alkanes) is 2. The number of primary amides is 1. The lowest BCUT2D eigenvalue weighted by Gasteiger charge is -2.24. The molecule has 0 aliphatic heterocycles. The first-order valence-electron chi connectivity index (χ1n) is 13.4. The fourth-order valence-corrected chi connectivity index (χ4v) is 3.73. The van der Waals surface area contributed by atoms with Crippen molar-refractivity contribution in [2.24, 2.45) is 27.9 Å². The van der Waals surface area contributed by atoms with Gasteiger partial charge < -0.3 is 38.9 Å². The Morgan fingerprint density at radius 1 is 0.821 bits per heavy atom. The van der Waals surface area contributed by atoms with Gasteiger partial charge in [0.1, 0.15) is 18.1 Å². The minimum Gasteiger partial charge on any atom is -0.370 e. The van der Waals surface area contributed by atoms with Crippen LogP contribution in [0, 0.1) is 0 Å². The van der Waals surface area contributed by atoms with E-state index in [1.54, 1.807) is 6.08 Å². The molecule has 0 fully saturated rings. The SMILES string of the molecule is CCCC[C@H](NC(=O)[C@H](CCCCN)NC(=O)[C@H](CCCN=C(N)N)NC(=O)/C=C/c1ccccc1)C(N)=O. The number of hydrogen-bond acceptors (Lipinski definition) is 6. The summed E-state index contributed by atoms with van der Waals surface area (Å²) in [5.41, 5.74) is 22.6. The van der Waals surface area contributed by atoms with Crippen LogP contribution in [-0.2, 0) is 19.2 Å². The van der Waals surface area contributed by atoms with Crippen LogP contribution >= 0.6 is 0 Å². The molecule has 0 saturated carbocycles. The van der Waals surface area contributed by atoms with Crippen molar-refractivity contribution >= 4 is 35.7 Å². The number of hydrogen-bond donors (Lipinski definition) is 7. The molecule has 12 nitrogen and oxygen atoms in total.